The molecule has 2 rings (SSSR count). The zero-order valence-corrected chi connectivity index (χ0v) is 13.7. The number of aliphatic hydroxyl groups is 1. The van der Waals surface area contributed by atoms with Crippen LogP contribution in [0.3, 0.4) is 0 Å². The number of rotatable bonds is 7. The van der Waals surface area contributed by atoms with E-state index in [0.29, 0.717) is 23.5 Å². The van der Waals surface area contributed by atoms with Gasteiger partial charge in [-0.05, 0) is 31.2 Å². The van der Waals surface area contributed by atoms with Crippen LogP contribution in [0.25, 0.3) is 0 Å². The van der Waals surface area contributed by atoms with Crippen LogP contribution in [-0.4, -0.2) is 34.7 Å². The molecule has 1 aromatic heterocycles. The van der Waals surface area contributed by atoms with Gasteiger partial charge in [-0.2, -0.15) is 0 Å². The molecule has 0 aliphatic rings. The van der Waals surface area contributed by atoms with E-state index in [1.807, 2.05) is 0 Å². The largest absolute Gasteiger partial charge is 0.478 e. The molecule has 0 bridgehead atoms. The van der Waals surface area contributed by atoms with Crippen molar-refractivity contribution in [1.29, 1.82) is 0 Å². The molecule has 1 aromatic carbocycles. The number of ether oxygens (including phenoxy) is 1. The highest BCUT2D eigenvalue weighted by Crippen LogP contribution is 2.12. The lowest BCUT2D eigenvalue weighted by Gasteiger charge is -2.14. The van der Waals surface area contributed by atoms with Crippen molar-refractivity contribution in [3.05, 3.63) is 58.0 Å². The van der Waals surface area contributed by atoms with Gasteiger partial charge in [0.2, 0.25) is 11.3 Å². The van der Waals surface area contributed by atoms with E-state index in [9.17, 15) is 14.4 Å². The Morgan fingerprint density at radius 2 is 1.92 bits per heavy atom. The second kappa shape index (κ2) is 8.11. The number of hydrogen-bond donors (Lipinski definition) is 3. The first-order valence-electron chi connectivity index (χ1n) is 7.56. The van der Waals surface area contributed by atoms with E-state index < -0.39 is 11.8 Å². The smallest absolute Gasteiger partial charge is 0.262 e. The minimum atomic E-state index is -0.556. The zero-order valence-electron chi connectivity index (χ0n) is 13.7. The van der Waals surface area contributed by atoms with Gasteiger partial charge in [0.25, 0.3) is 5.91 Å². The van der Waals surface area contributed by atoms with Gasteiger partial charge in [0.15, 0.2) is 12.4 Å². The van der Waals surface area contributed by atoms with Crippen molar-refractivity contribution in [2.24, 2.45) is 5.73 Å². The van der Waals surface area contributed by atoms with Crippen LogP contribution in [0, 0.1) is 6.92 Å². The Bertz CT molecular complexity index is 827. The summed E-state index contributed by atoms with van der Waals surface area (Å²) < 4.78 is 7.01. The van der Waals surface area contributed by atoms with Crippen molar-refractivity contribution in [2.45, 2.75) is 13.5 Å². The Morgan fingerprint density at radius 1 is 1.24 bits per heavy atom. The highest BCUT2D eigenvalue weighted by molar-refractivity contribution is 5.95. The maximum absolute atomic E-state index is 12.0. The molecule has 0 radical (unpaired) electrons. The van der Waals surface area contributed by atoms with E-state index >= 15 is 0 Å². The molecule has 2 amide bonds. The number of aliphatic hydroxyl groups excluding tert-OH is 1. The summed E-state index contributed by atoms with van der Waals surface area (Å²) in [6.07, 6.45) is 1.56. The minimum absolute atomic E-state index is 0.0650. The van der Waals surface area contributed by atoms with Crippen LogP contribution in [0.2, 0.25) is 0 Å². The van der Waals surface area contributed by atoms with Crippen LogP contribution < -0.4 is 21.2 Å². The average molecular weight is 345 g/mol. The van der Waals surface area contributed by atoms with Crippen molar-refractivity contribution < 1.29 is 19.4 Å². The Hall–Kier alpha value is -3.13. The fraction of sp³-hybridized carbons (Fsp3) is 0.235. The molecule has 8 nitrogen and oxygen atoms in total. The van der Waals surface area contributed by atoms with Crippen LogP contribution in [0.4, 0.5) is 5.69 Å². The number of amides is 2. The number of nitrogens with zero attached hydrogens (tertiary/aromatic N) is 1. The summed E-state index contributed by atoms with van der Waals surface area (Å²) in [5.41, 5.74) is 6.14. The molecule has 2 aromatic rings. The van der Waals surface area contributed by atoms with Crippen molar-refractivity contribution >= 4 is 17.5 Å². The standard InChI is InChI=1S/C17H19N3O5/c1-11-16(14(22)6-7-20(11)8-9-21)25-10-15(23)19-13-4-2-12(3-5-13)17(18)24/h2-7,21H,8-10H2,1H3,(H2,18,24)(H,19,23). The van der Waals surface area contributed by atoms with Crippen LogP contribution in [-0.2, 0) is 11.3 Å². The first-order valence-corrected chi connectivity index (χ1v) is 7.56. The summed E-state index contributed by atoms with van der Waals surface area (Å²) in [5, 5.41) is 11.6. The van der Waals surface area contributed by atoms with E-state index in [4.69, 9.17) is 15.6 Å². The summed E-state index contributed by atoms with van der Waals surface area (Å²) in [5.74, 6) is -0.946. The van der Waals surface area contributed by atoms with Gasteiger partial charge in [-0.1, -0.05) is 0 Å². The molecule has 0 aliphatic carbocycles. The summed E-state index contributed by atoms with van der Waals surface area (Å²) in [4.78, 5) is 34.9. The molecule has 0 atom stereocenters. The quantitative estimate of drug-likeness (QED) is 0.664. The van der Waals surface area contributed by atoms with Crippen LogP contribution in [0.15, 0.2) is 41.3 Å². The molecular formula is C17H19N3O5. The monoisotopic (exact) mass is 345 g/mol. The molecule has 0 fully saturated rings. The highest BCUT2D eigenvalue weighted by atomic mass is 16.5. The number of hydrogen-bond acceptors (Lipinski definition) is 5. The minimum Gasteiger partial charge on any atom is -0.478 e. The van der Waals surface area contributed by atoms with Crippen LogP contribution in [0.5, 0.6) is 5.75 Å². The molecule has 0 unspecified atom stereocenters. The molecule has 4 N–H and O–H groups in total. The molecule has 0 saturated heterocycles. The summed E-state index contributed by atoms with van der Waals surface area (Å²) >= 11 is 0. The predicted octanol–water partition coefficient (Wildman–Crippen LogP) is 0.265. The molecule has 8 heteroatoms. The van der Waals surface area contributed by atoms with Gasteiger partial charge in [-0.3, -0.25) is 14.4 Å². The van der Waals surface area contributed by atoms with Gasteiger partial charge in [0, 0.05) is 30.1 Å². The van der Waals surface area contributed by atoms with Gasteiger partial charge < -0.3 is 25.5 Å². The third kappa shape index (κ3) is 4.67. The Labute approximate surface area is 143 Å². The van der Waals surface area contributed by atoms with Gasteiger partial charge in [0.1, 0.15) is 0 Å². The van der Waals surface area contributed by atoms with Gasteiger partial charge >= 0.3 is 0 Å². The van der Waals surface area contributed by atoms with E-state index in [1.165, 1.54) is 18.2 Å². The Balaban J connectivity index is 2.01. The molecule has 1 heterocycles. The Morgan fingerprint density at radius 3 is 2.52 bits per heavy atom. The molecular weight excluding hydrogens is 326 g/mol. The second-order valence-electron chi connectivity index (χ2n) is 5.29. The maximum Gasteiger partial charge on any atom is 0.262 e. The second-order valence-corrected chi connectivity index (χ2v) is 5.29. The van der Waals surface area contributed by atoms with Crippen molar-refractivity contribution in [1.82, 2.24) is 4.57 Å². The molecule has 0 aliphatic heterocycles. The van der Waals surface area contributed by atoms with Crippen molar-refractivity contribution in [3.8, 4) is 5.75 Å². The molecule has 132 valence electrons. The third-order valence-corrected chi connectivity index (χ3v) is 3.53. The fourth-order valence-corrected chi connectivity index (χ4v) is 2.23. The number of pyridine rings is 1. The molecule has 0 spiro atoms. The number of carbonyl (C=O) groups excluding carboxylic acids is 2. The van der Waals surface area contributed by atoms with Crippen molar-refractivity contribution in [2.75, 3.05) is 18.5 Å². The number of carbonyl (C=O) groups is 2. The SMILES string of the molecule is Cc1c(OCC(=O)Nc2ccc(C(N)=O)cc2)c(=O)ccn1CCO. The molecule has 25 heavy (non-hydrogen) atoms. The number of nitrogens with one attached hydrogen (secondary N) is 1. The summed E-state index contributed by atoms with van der Waals surface area (Å²) in [7, 11) is 0. The number of anilines is 1. The lowest BCUT2D eigenvalue weighted by Crippen LogP contribution is -2.24. The molecule has 0 saturated carbocycles. The van der Waals surface area contributed by atoms with E-state index in [0.717, 1.165) is 0 Å². The van der Waals surface area contributed by atoms with Crippen LogP contribution in [0.1, 0.15) is 16.1 Å². The fourth-order valence-electron chi connectivity index (χ4n) is 2.23. The van der Waals surface area contributed by atoms with E-state index in [1.54, 1.807) is 29.8 Å². The first kappa shape index (κ1) is 18.2. The normalized spacial score (nSPS) is 10.3. The topological polar surface area (TPSA) is 124 Å². The average Bonchev–Trinajstić information content (AvgIpc) is 2.58. The predicted molar refractivity (Wildman–Crippen MR) is 91.6 cm³/mol. The van der Waals surface area contributed by atoms with Gasteiger partial charge in [0.05, 0.1) is 12.3 Å². The highest BCUT2D eigenvalue weighted by Gasteiger charge is 2.11. The zero-order chi connectivity index (χ0) is 18.4. The van der Waals surface area contributed by atoms with Gasteiger partial charge in [-0.25, -0.2) is 0 Å². The number of benzene rings is 1. The van der Waals surface area contributed by atoms with E-state index in [-0.39, 0.29) is 24.4 Å². The lowest BCUT2D eigenvalue weighted by molar-refractivity contribution is -0.118. The van der Waals surface area contributed by atoms with E-state index in [2.05, 4.69) is 5.32 Å². The maximum atomic E-state index is 12.0. The number of nitrogens with two attached hydrogens (primary N) is 1. The lowest BCUT2D eigenvalue weighted by atomic mass is 10.2. The summed E-state index contributed by atoms with van der Waals surface area (Å²) in [6.45, 7) is 1.56. The Kier molecular flexibility index (Phi) is 5.91. The van der Waals surface area contributed by atoms with Gasteiger partial charge in [-0.15, -0.1) is 0 Å². The first-order chi connectivity index (χ1) is 11.9. The number of primary amides is 1. The third-order valence-electron chi connectivity index (χ3n) is 3.53. The van der Waals surface area contributed by atoms with Crippen molar-refractivity contribution in [3.63, 3.8) is 0 Å². The number of aromatic nitrogens is 1. The van der Waals surface area contributed by atoms with Crippen LogP contribution >= 0.6 is 0 Å². The summed E-state index contributed by atoms with van der Waals surface area (Å²) in [6, 6.07) is 7.39.